The van der Waals surface area contributed by atoms with Crippen LogP contribution in [0.25, 0.3) is 0 Å². The number of rotatable bonds is 3. The number of carbonyl (C=O) groups is 1. The zero-order valence-electron chi connectivity index (χ0n) is 12.4. The van der Waals surface area contributed by atoms with Crippen LogP contribution in [0.4, 0.5) is 5.69 Å². The van der Waals surface area contributed by atoms with E-state index in [9.17, 15) is 9.90 Å². The monoisotopic (exact) mass is 299 g/mol. The van der Waals surface area contributed by atoms with Gasteiger partial charge in [-0.05, 0) is 29.3 Å². The van der Waals surface area contributed by atoms with Crippen molar-refractivity contribution in [3.05, 3.63) is 47.5 Å². The summed E-state index contributed by atoms with van der Waals surface area (Å²) in [4.78, 5) is 12.0. The molecule has 0 saturated heterocycles. The summed E-state index contributed by atoms with van der Waals surface area (Å²) in [6.07, 6.45) is 0.354. The molecule has 5 heteroatoms. The number of amides is 1. The van der Waals surface area contributed by atoms with Gasteiger partial charge in [0, 0.05) is 24.1 Å². The lowest BCUT2D eigenvalue weighted by Gasteiger charge is -2.27. The van der Waals surface area contributed by atoms with E-state index in [1.165, 1.54) is 0 Å². The maximum absolute atomic E-state index is 12.0. The number of ether oxygens (including phenoxy) is 2. The molecule has 0 radical (unpaired) electrons. The summed E-state index contributed by atoms with van der Waals surface area (Å²) in [6, 6.07) is 10.6. The minimum atomic E-state index is -0.0795. The van der Waals surface area contributed by atoms with Crippen molar-refractivity contribution in [3.8, 4) is 17.2 Å². The quantitative estimate of drug-likeness (QED) is 0.914. The highest BCUT2D eigenvalue weighted by Gasteiger charge is 2.28. The molecule has 0 bridgehead atoms. The molecule has 1 amide bonds. The maximum atomic E-state index is 12.0. The molecule has 0 aromatic heterocycles. The highest BCUT2D eigenvalue weighted by molar-refractivity contribution is 5.96. The zero-order valence-corrected chi connectivity index (χ0v) is 12.4. The van der Waals surface area contributed by atoms with E-state index in [-0.39, 0.29) is 17.6 Å². The Morgan fingerprint density at radius 2 is 1.73 bits per heavy atom. The molecule has 1 aliphatic rings. The Morgan fingerprint density at radius 1 is 1.09 bits per heavy atom. The van der Waals surface area contributed by atoms with E-state index in [1.807, 2.05) is 18.2 Å². The molecule has 2 N–H and O–H groups in total. The molecule has 1 aliphatic heterocycles. The van der Waals surface area contributed by atoms with Gasteiger partial charge in [-0.2, -0.15) is 0 Å². The van der Waals surface area contributed by atoms with Crippen LogP contribution in [0.1, 0.15) is 23.5 Å². The summed E-state index contributed by atoms with van der Waals surface area (Å²) >= 11 is 0. The lowest BCUT2D eigenvalue weighted by Crippen LogP contribution is -2.23. The van der Waals surface area contributed by atoms with E-state index in [4.69, 9.17) is 9.47 Å². The number of anilines is 1. The van der Waals surface area contributed by atoms with E-state index < -0.39 is 0 Å². The van der Waals surface area contributed by atoms with Crippen molar-refractivity contribution in [1.82, 2.24) is 0 Å². The lowest BCUT2D eigenvalue weighted by molar-refractivity contribution is -0.116. The second-order valence-electron chi connectivity index (χ2n) is 5.19. The number of phenolic OH excluding ortho intramolecular Hbond substituents is 1. The third-order valence-electron chi connectivity index (χ3n) is 3.89. The van der Waals surface area contributed by atoms with Gasteiger partial charge in [-0.1, -0.05) is 12.1 Å². The number of methoxy groups -OCH3 is 2. The Bertz CT molecular complexity index is 709. The molecular weight excluding hydrogens is 282 g/mol. The van der Waals surface area contributed by atoms with E-state index in [2.05, 4.69) is 5.32 Å². The Balaban J connectivity index is 2.11. The van der Waals surface area contributed by atoms with Gasteiger partial charge in [0.15, 0.2) is 11.5 Å². The predicted octanol–water partition coefficient (Wildman–Crippen LogP) is 2.88. The van der Waals surface area contributed by atoms with E-state index in [0.717, 1.165) is 16.8 Å². The van der Waals surface area contributed by atoms with Crippen LogP contribution in [0.5, 0.6) is 17.2 Å². The van der Waals surface area contributed by atoms with Gasteiger partial charge in [0.25, 0.3) is 0 Å². The highest BCUT2D eigenvalue weighted by Crippen LogP contribution is 2.43. The van der Waals surface area contributed by atoms with Crippen molar-refractivity contribution in [2.24, 2.45) is 0 Å². The average Bonchev–Trinajstić information content (AvgIpc) is 2.53. The van der Waals surface area contributed by atoms with Crippen molar-refractivity contribution < 1.29 is 19.4 Å². The summed E-state index contributed by atoms with van der Waals surface area (Å²) < 4.78 is 10.6. The van der Waals surface area contributed by atoms with Gasteiger partial charge in [-0.25, -0.2) is 0 Å². The molecule has 0 aliphatic carbocycles. The predicted molar refractivity (Wildman–Crippen MR) is 82.7 cm³/mol. The number of aromatic hydroxyl groups is 1. The third-order valence-corrected chi connectivity index (χ3v) is 3.89. The number of fused-ring (bicyclic) bond motifs is 1. The molecule has 1 atom stereocenters. The van der Waals surface area contributed by atoms with E-state index in [0.29, 0.717) is 17.9 Å². The molecule has 0 unspecified atom stereocenters. The fraction of sp³-hybridized carbons (Fsp3) is 0.235. The van der Waals surface area contributed by atoms with Gasteiger partial charge in [0.05, 0.1) is 14.2 Å². The van der Waals surface area contributed by atoms with Gasteiger partial charge in [-0.15, -0.1) is 0 Å². The van der Waals surface area contributed by atoms with Crippen LogP contribution in [0.2, 0.25) is 0 Å². The standard InChI is InChI=1S/C17H17NO4/c1-21-15-7-13-12(10-3-5-11(19)6-4-10)8-17(20)18-14(13)9-16(15)22-2/h3-7,9,12,19H,8H2,1-2H3,(H,18,20)/t12-/m0/s1. The van der Waals surface area contributed by atoms with Crippen LogP contribution in [0.3, 0.4) is 0 Å². The van der Waals surface area contributed by atoms with Crippen LogP contribution in [-0.4, -0.2) is 25.2 Å². The van der Waals surface area contributed by atoms with Crippen molar-refractivity contribution in [1.29, 1.82) is 0 Å². The molecular formula is C17H17NO4. The van der Waals surface area contributed by atoms with E-state index in [1.54, 1.807) is 32.4 Å². The molecule has 5 nitrogen and oxygen atoms in total. The van der Waals surface area contributed by atoms with Crippen LogP contribution in [-0.2, 0) is 4.79 Å². The second-order valence-corrected chi connectivity index (χ2v) is 5.19. The summed E-state index contributed by atoms with van der Waals surface area (Å²) in [7, 11) is 3.15. The Labute approximate surface area is 128 Å². The first kappa shape index (κ1) is 14.3. The number of carbonyl (C=O) groups excluding carboxylic acids is 1. The first-order valence-electron chi connectivity index (χ1n) is 6.97. The highest BCUT2D eigenvalue weighted by atomic mass is 16.5. The van der Waals surface area contributed by atoms with Gasteiger partial charge < -0.3 is 19.9 Å². The summed E-state index contributed by atoms with van der Waals surface area (Å²) in [5.41, 5.74) is 2.68. The Morgan fingerprint density at radius 3 is 2.36 bits per heavy atom. The Hall–Kier alpha value is -2.69. The molecule has 2 aromatic carbocycles. The number of hydrogen-bond donors (Lipinski definition) is 2. The molecule has 22 heavy (non-hydrogen) atoms. The summed E-state index contributed by atoms with van der Waals surface area (Å²) in [5, 5.41) is 12.3. The first-order chi connectivity index (χ1) is 10.6. The molecule has 0 spiro atoms. The number of phenols is 1. The van der Waals surface area contributed by atoms with Crippen LogP contribution in [0.15, 0.2) is 36.4 Å². The van der Waals surface area contributed by atoms with Crippen LogP contribution < -0.4 is 14.8 Å². The Kier molecular flexibility index (Phi) is 3.63. The number of benzene rings is 2. The number of nitrogens with one attached hydrogen (secondary N) is 1. The van der Waals surface area contributed by atoms with E-state index >= 15 is 0 Å². The van der Waals surface area contributed by atoms with Gasteiger partial charge in [-0.3, -0.25) is 4.79 Å². The molecule has 0 fully saturated rings. The first-order valence-corrected chi connectivity index (χ1v) is 6.97. The zero-order chi connectivity index (χ0) is 15.7. The second kappa shape index (κ2) is 5.60. The fourth-order valence-electron chi connectivity index (χ4n) is 2.79. The van der Waals surface area contributed by atoms with Crippen molar-refractivity contribution in [2.45, 2.75) is 12.3 Å². The normalized spacial score (nSPS) is 16.6. The maximum Gasteiger partial charge on any atom is 0.225 e. The minimum absolute atomic E-state index is 0.0437. The fourth-order valence-corrected chi connectivity index (χ4v) is 2.79. The van der Waals surface area contributed by atoms with Crippen molar-refractivity contribution in [3.63, 3.8) is 0 Å². The third kappa shape index (κ3) is 2.45. The molecule has 1 heterocycles. The van der Waals surface area contributed by atoms with Crippen molar-refractivity contribution in [2.75, 3.05) is 19.5 Å². The summed E-state index contributed by atoms with van der Waals surface area (Å²) in [5.74, 6) is 1.28. The van der Waals surface area contributed by atoms with Crippen molar-refractivity contribution >= 4 is 11.6 Å². The molecule has 3 rings (SSSR count). The lowest BCUT2D eigenvalue weighted by atomic mass is 9.84. The molecule has 0 saturated carbocycles. The van der Waals surface area contributed by atoms with Gasteiger partial charge >= 0.3 is 0 Å². The average molecular weight is 299 g/mol. The van der Waals surface area contributed by atoms with Gasteiger partial charge in [0.2, 0.25) is 5.91 Å². The molecule has 2 aromatic rings. The minimum Gasteiger partial charge on any atom is -0.508 e. The van der Waals surface area contributed by atoms with Crippen LogP contribution in [0, 0.1) is 0 Å². The largest absolute Gasteiger partial charge is 0.508 e. The smallest absolute Gasteiger partial charge is 0.225 e. The number of hydrogen-bond acceptors (Lipinski definition) is 4. The summed E-state index contributed by atoms with van der Waals surface area (Å²) in [6.45, 7) is 0. The SMILES string of the molecule is COc1cc2c(cc1OC)[C@H](c1ccc(O)cc1)CC(=O)N2. The van der Waals surface area contributed by atoms with Crippen LogP contribution >= 0.6 is 0 Å². The topological polar surface area (TPSA) is 67.8 Å². The van der Waals surface area contributed by atoms with Gasteiger partial charge in [0.1, 0.15) is 5.75 Å². The molecule has 114 valence electrons.